The molecule has 2 aromatic carbocycles. The Morgan fingerprint density at radius 3 is 2.38 bits per heavy atom. The summed E-state index contributed by atoms with van der Waals surface area (Å²) >= 11 is 0. The fourth-order valence-corrected chi connectivity index (χ4v) is 6.52. The molecule has 0 unspecified atom stereocenters. The van der Waals surface area contributed by atoms with E-state index in [0.29, 0.717) is 26.2 Å². The van der Waals surface area contributed by atoms with Crippen molar-refractivity contribution in [1.82, 2.24) is 0 Å². The molecule has 4 heterocycles. The van der Waals surface area contributed by atoms with E-state index in [1.807, 2.05) is 74.5 Å². The van der Waals surface area contributed by atoms with Gasteiger partial charge in [0, 0.05) is 11.5 Å². The molecule has 1 aliphatic carbocycles. The molecule has 210 valence electrons. The molecule has 0 radical (unpaired) electrons. The van der Waals surface area contributed by atoms with Crippen molar-refractivity contribution in [3.63, 3.8) is 0 Å². The first-order valence-corrected chi connectivity index (χ1v) is 13.9. The van der Waals surface area contributed by atoms with Gasteiger partial charge in [0.25, 0.3) is 0 Å². The van der Waals surface area contributed by atoms with Crippen molar-refractivity contribution in [3.8, 4) is 0 Å². The Hall–Kier alpha value is -1.92. The van der Waals surface area contributed by atoms with Crippen LogP contribution in [-0.4, -0.2) is 79.2 Å². The third-order valence-electron chi connectivity index (χ3n) is 8.33. The normalized spacial score (nSPS) is 42.6. The van der Waals surface area contributed by atoms with E-state index in [1.54, 1.807) is 0 Å². The number of hydrogen-bond acceptors (Lipinski definition) is 9. The molecular weight excluding hydrogens is 504 g/mol. The Balaban J connectivity index is 1.12. The molecule has 4 saturated heterocycles. The molecule has 5 fully saturated rings. The van der Waals surface area contributed by atoms with Gasteiger partial charge in [0.1, 0.15) is 36.6 Å². The first-order chi connectivity index (χ1) is 18.9. The van der Waals surface area contributed by atoms with Crippen molar-refractivity contribution in [2.24, 2.45) is 5.92 Å². The minimum absolute atomic E-state index is 0.0239. The predicted molar refractivity (Wildman–Crippen MR) is 136 cm³/mol. The van der Waals surface area contributed by atoms with Crippen molar-refractivity contribution in [1.29, 1.82) is 0 Å². The molecular formula is C30H36O9. The van der Waals surface area contributed by atoms with Gasteiger partial charge in [-0.25, -0.2) is 0 Å². The van der Waals surface area contributed by atoms with Crippen LogP contribution >= 0.6 is 0 Å². The largest absolute Gasteiger partial charge is 0.388 e. The van der Waals surface area contributed by atoms with Gasteiger partial charge in [0.05, 0.1) is 32.0 Å². The zero-order valence-electron chi connectivity index (χ0n) is 22.2. The van der Waals surface area contributed by atoms with E-state index < -0.39 is 48.9 Å². The highest BCUT2D eigenvalue weighted by Crippen LogP contribution is 2.45. The lowest BCUT2D eigenvalue weighted by Gasteiger charge is -2.49. The van der Waals surface area contributed by atoms with Crippen LogP contribution < -0.4 is 0 Å². The van der Waals surface area contributed by atoms with E-state index in [4.69, 9.17) is 37.9 Å². The fraction of sp³-hybridized carbons (Fsp3) is 0.600. The SMILES string of the molecule is CC1(C)O[C@@H]2[C@H](O1)[C@@H]1OC[C@@H](O1)[C@H]2O[C@@H]1C[C@@H]2CO[C@@H](c3ccccc3)O[C@H]2[C@H](OCc2ccccc2)[C@@H]1O. The minimum atomic E-state index is -0.932. The number of aliphatic hydroxyl groups is 1. The summed E-state index contributed by atoms with van der Waals surface area (Å²) in [6.07, 6.45) is -4.40. The van der Waals surface area contributed by atoms with Gasteiger partial charge in [0.2, 0.25) is 0 Å². The first-order valence-electron chi connectivity index (χ1n) is 13.9. The van der Waals surface area contributed by atoms with Gasteiger partial charge in [-0.15, -0.1) is 0 Å². The standard InChI is InChI=1S/C30H36O9/c1-30(2)38-26-24(21-16-34-29(36-21)27(26)39-30)35-20-13-19-15-33-28(18-11-7-4-8-12-18)37-23(19)25(22(20)31)32-14-17-9-5-3-6-10-17/h3-12,19-29,31H,13-16H2,1-2H3/t19-,20-,21-,22-,23-,24-,25-,26+,27+,28-,29-/m1/s1. The maximum absolute atomic E-state index is 11.7. The van der Waals surface area contributed by atoms with E-state index in [0.717, 1.165) is 11.1 Å². The molecule has 2 bridgehead atoms. The highest BCUT2D eigenvalue weighted by Gasteiger charge is 2.60. The molecule has 2 aromatic rings. The van der Waals surface area contributed by atoms with Gasteiger partial charge in [0.15, 0.2) is 18.4 Å². The maximum Gasteiger partial charge on any atom is 0.187 e. The van der Waals surface area contributed by atoms with E-state index in [2.05, 4.69) is 0 Å². The number of benzene rings is 2. The maximum atomic E-state index is 11.7. The fourth-order valence-electron chi connectivity index (χ4n) is 6.52. The van der Waals surface area contributed by atoms with Gasteiger partial charge in [-0.3, -0.25) is 0 Å². The molecule has 11 atom stereocenters. The second-order valence-electron chi connectivity index (χ2n) is 11.5. The Morgan fingerprint density at radius 1 is 0.846 bits per heavy atom. The Labute approximate surface area is 228 Å². The van der Waals surface area contributed by atoms with E-state index in [-0.39, 0.29) is 24.2 Å². The molecule has 9 heteroatoms. The summed E-state index contributed by atoms with van der Waals surface area (Å²) < 4.78 is 50.0. The second kappa shape index (κ2) is 10.5. The van der Waals surface area contributed by atoms with Crippen LogP contribution in [0.4, 0.5) is 0 Å². The van der Waals surface area contributed by atoms with E-state index in [9.17, 15) is 5.11 Å². The van der Waals surface area contributed by atoms with Crippen LogP contribution in [0.25, 0.3) is 0 Å². The summed E-state index contributed by atoms with van der Waals surface area (Å²) in [6, 6.07) is 19.8. The lowest BCUT2D eigenvalue weighted by molar-refractivity contribution is -0.311. The average Bonchev–Trinajstić information content (AvgIpc) is 3.54. The second-order valence-corrected chi connectivity index (χ2v) is 11.5. The molecule has 1 N–H and O–H groups in total. The summed E-state index contributed by atoms with van der Waals surface area (Å²) in [5.74, 6) is -0.798. The zero-order valence-corrected chi connectivity index (χ0v) is 22.2. The van der Waals surface area contributed by atoms with Crippen molar-refractivity contribution in [2.45, 2.75) is 94.1 Å². The van der Waals surface area contributed by atoms with Crippen LogP contribution in [-0.2, 0) is 44.5 Å². The highest BCUT2D eigenvalue weighted by atomic mass is 16.8. The quantitative estimate of drug-likeness (QED) is 0.593. The number of hydrogen-bond donors (Lipinski definition) is 1. The summed E-state index contributed by atoms with van der Waals surface area (Å²) in [5.41, 5.74) is 1.96. The Morgan fingerprint density at radius 2 is 1.59 bits per heavy atom. The zero-order chi connectivity index (χ0) is 26.6. The molecule has 1 saturated carbocycles. The smallest absolute Gasteiger partial charge is 0.187 e. The average molecular weight is 541 g/mol. The number of ether oxygens (including phenoxy) is 8. The summed E-state index contributed by atoms with van der Waals surface area (Å²) in [6.45, 7) is 4.96. The number of aliphatic hydroxyl groups excluding tert-OH is 1. The van der Waals surface area contributed by atoms with Crippen LogP contribution in [0.2, 0.25) is 0 Å². The van der Waals surface area contributed by atoms with Gasteiger partial charge in [-0.1, -0.05) is 60.7 Å². The molecule has 39 heavy (non-hydrogen) atoms. The predicted octanol–water partition coefficient (Wildman–Crippen LogP) is 3.10. The van der Waals surface area contributed by atoms with Crippen LogP contribution in [0.3, 0.4) is 0 Å². The molecule has 0 amide bonds. The van der Waals surface area contributed by atoms with Crippen LogP contribution in [0.5, 0.6) is 0 Å². The van der Waals surface area contributed by atoms with Crippen LogP contribution in [0, 0.1) is 5.92 Å². The topological polar surface area (TPSA) is 94.1 Å². The highest BCUT2D eigenvalue weighted by molar-refractivity contribution is 5.17. The number of fused-ring (bicyclic) bond motifs is 5. The minimum Gasteiger partial charge on any atom is -0.388 e. The molecule has 5 aliphatic rings. The van der Waals surface area contributed by atoms with Crippen LogP contribution in [0.1, 0.15) is 37.7 Å². The first kappa shape index (κ1) is 26.0. The monoisotopic (exact) mass is 540 g/mol. The third kappa shape index (κ3) is 5.05. The number of rotatable bonds is 6. The van der Waals surface area contributed by atoms with Gasteiger partial charge >= 0.3 is 0 Å². The van der Waals surface area contributed by atoms with E-state index >= 15 is 0 Å². The molecule has 7 rings (SSSR count). The van der Waals surface area contributed by atoms with E-state index in [1.165, 1.54) is 0 Å². The van der Waals surface area contributed by atoms with Crippen molar-refractivity contribution >= 4 is 0 Å². The lowest BCUT2D eigenvalue weighted by atomic mass is 9.80. The third-order valence-corrected chi connectivity index (χ3v) is 8.33. The molecule has 0 spiro atoms. The lowest BCUT2D eigenvalue weighted by Crippen LogP contribution is -2.62. The van der Waals surface area contributed by atoms with Gasteiger partial charge in [-0.05, 0) is 25.8 Å². The van der Waals surface area contributed by atoms with Gasteiger partial charge < -0.3 is 43.0 Å². The van der Waals surface area contributed by atoms with Crippen molar-refractivity contribution in [2.75, 3.05) is 13.2 Å². The summed E-state index contributed by atoms with van der Waals surface area (Å²) in [5, 5.41) is 11.7. The van der Waals surface area contributed by atoms with Crippen LogP contribution in [0.15, 0.2) is 60.7 Å². The Bertz CT molecular complexity index is 1110. The molecule has 4 aliphatic heterocycles. The Kier molecular flexibility index (Phi) is 6.99. The summed E-state index contributed by atoms with van der Waals surface area (Å²) in [4.78, 5) is 0. The van der Waals surface area contributed by atoms with Gasteiger partial charge in [-0.2, -0.15) is 0 Å². The van der Waals surface area contributed by atoms with Crippen molar-refractivity contribution in [3.05, 3.63) is 71.8 Å². The van der Waals surface area contributed by atoms with Crippen molar-refractivity contribution < 1.29 is 43.0 Å². The molecule has 0 aromatic heterocycles. The summed E-state index contributed by atoms with van der Waals surface area (Å²) in [7, 11) is 0. The molecule has 9 nitrogen and oxygen atoms in total.